The number of fused-ring (bicyclic) bond motifs is 1. The molecule has 1 atom stereocenters. The van der Waals surface area contributed by atoms with E-state index in [-0.39, 0.29) is 11.8 Å². The first kappa shape index (κ1) is 17.8. The number of amides is 2. The molecule has 6 heteroatoms. The maximum atomic E-state index is 13.0. The second-order valence-electron chi connectivity index (χ2n) is 6.26. The molecule has 2 aromatic carbocycles. The maximum Gasteiger partial charge on any atom is 0.254 e. The first-order valence-corrected chi connectivity index (χ1v) is 8.35. The summed E-state index contributed by atoms with van der Waals surface area (Å²) in [7, 11) is 3.16. The van der Waals surface area contributed by atoms with Crippen molar-refractivity contribution in [2.45, 2.75) is 26.4 Å². The van der Waals surface area contributed by atoms with E-state index in [0.717, 1.165) is 22.4 Å². The van der Waals surface area contributed by atoms with Gasteiger partial charge in [-0.25, -0.2) is 0 Å². The number of ether oxygens (including phenoxy) is 2. The summed E-state index contributed by atoms with van der Waals surface area (Å²) >= 11 is 0. The van der Waals surface area contributed by atoms with Crippen molar-refractivity contribution in [2.24, 2.45) is 0 Å². The monoisotopic (exact) mass is 354 g/mol. The van der Waals surface area contributed by atoms with E-state index in [0.29, 0.717) is 18.0 Å². The van der Waals surface area contributed by atoms with Gasteiger partial charge in [0, 0.05) is 12.5 Å². The van der Waals surface area contributed by atoms with Gasteiger partial charge in [0.25, 0.3) is 5.91 Å². The van der Waals surface area contributed by atoms with Gasteiger partial charge in [-0.3, -0.25) is 9.59 Å². The minimum absolute atomic E-state index is 0.140. The molecular formula is C20H22N2O4. The Labute approximate surface area is 152 Å². The molecule has 1 aliphatic rings. The van der Waals surface area contributed by atoms with Crippen molar-refractivity contribution in [3.63, 3.8) is 0 Å². The highest BCUT2D eigenvalue weighted by Gasteiger charge is 2.38. The van der Waals surface area contributed by atoms with Crippen LogP contribution in [0.1, 0.15) is 29.7 Å². The SMILES string of the molecule is COc1ccc(CN2C(=O)[C@H](NC(C)=O)c3cccc(C)c32)cc1OC. The third kappa shape index (κ3) is 3.10. The molecule has 3 rings (SSSR count). The van der Waals surface area contributed by atoms with Crippen LogP contribution in [0.15, 0.2) is 36.4 Å². The fourth-order valence-electron chi connectivity index (χ4n) is 3.34. The van der Waals surface area contributed by atoms with E-state index in [2.05, 4.69) is 5.32 Å². The zero-order valence-corrected chi connectivity index (χ0v) is 15.3. The van der Waals surface area contributed by atoms with Crippen LogP contribution in [-0.2, 0) is 16.1 Å². The molecule has 0 spiro atoms. The number of methoxy groups -OCH3 is 2. The van der Waals surface area contributed by atoms with Gasteiger partial charge < -0.3 is 19.7 Å². The molecule has 0 aromatic heterocycles. The summed E-state index contributed by atoms with van der Waals surface area (Å²) < 4.78 is 10.6. The summed E-state index contributed by atoms with van der Waals surface area (Å²) in [5, 5.41) is 2.76. The van der Waals surface area contributed by atoms with E-state index < -0.39 is 6.04 Å². The predicted octanol–water partition coefficient (Wildman–Crippen LogP) is 2.74. The third-order valence-electron chi connectivity index (χ3n) is 4.50. The largest absolute Gasteiger partial charge is 0.493 e. The van der Waals surface area contributed by atoms with Crippen molar-refractivity contribution < 1.29 is 19.1 Å². The maximum absolute atomic E-state index is 13.0. The third-order valence-corrected chi connectivity index (χ3v) is 4.50. The van der Waals surface area contributed by atoms with Crippen LogP contribution in [-0.4, -0.2) is 26.0 Å². The summed E-state index contributed by atoms with van der Waals surface area (Å²) in [6, 6.07) is 10.7. The van der Waals surface area contributed by atoms with E-state index in [1.165, 1.54) is 6.92 Å². The summed E-state index contributed by atoms with van der Waals surface area (Å²) in [6.45, 7) is 3.76. The molecule has 0 unspecified atom stereocenters. The average molecular weight is 354 g/mol. The standard InChI is InChI=1S/C20H22N2O4/c1-12-6-5-7-15-18(21-13(2)23)20(24)22(19(12)15)11-14-8-9-16(25-3)17(10-14)26-4/h5-10,18H,11H2,1-4H3,(H,21,23)/t18-/m1/s1. The molecule has 0 saturated carbocycles. The zero-order chi connectivity index (χ0) is 18.8. The molecule has 0 radical (unpaired) electrons. The first-order chi connectivity index (χ1) is 12.5. The summed E-state index contributed by atoms with van der Waals surface area (Å²) in [4.78, 5) is 26.2. The van der Waals surface area contributed by atoms with Crippen LogP contribution in [0.4, 0.5) is 5.69 Å². The Kier molecular flexibility index (Phi) is 4.84. The Balaban J connectivity index is 1.98. The highest BCUT2D eigenvalue weighted by Crippen LogP contribution is 2.40. The topological polar surface area (TPSA) is 67.9 Å². The molecule has 136 valence electrons. The summed E-state index contributed by atoms with van der Waals surface area (Å²) in [5.41, 5.74) is 3.58. The van der Waals surface area contributed by atoms with Gasteiger partial charge in [0.1, 0.15) is 6.04 Å². The lowest BCUT2D eigenvalue weighted by Gasteiger charge is -2.20. The van der Waals surface area contributed by atoms with Crippen LogP contribution in [0.25, 0.3) is 0 Å². The number of nitrogens with zero attached hydrogens (tertiary/aromatic N) is 1. The van der Waals surface area contributed by atoms with Gasteiger partial charge in [-0.05, 0) is 30.2 Å². The van der Waals surface area contributed by atoms with Gasteiger partial charge in [-0.2, -0.15) is 0 Å². The molecule has 26 heavy (non-hydrogen) atoms. The molecular weight excluding hydrogens is 332 g/mol. The number of carbonyl (C=O) groups is 2. The van der Waals surface area contributed by atoms with E-state index in [4.69, 9.17) is 9.47 Å². The minimum atomic E-state index is -0.650. The van der Waals surface area contributed by atoms with Crippen LogP contribution < -0.4 is 19.7 Å². The Morgan fingerprint density at radius 2 is 1.88 bits per heavy atom. The summed E-state index contributed by atoms with van der Waals surface area (Å²) in [5.74, 6) is 0.875. The number of anilines is 1. The van der Waals surface area contributed by atoms with Crippen molar-refractivity contribution in [2.75, 3.05) is 19.1 Å². The van der Waals surface area contributed by atoms with E-state index in [1.807, 2.05) is 43.3 Å². The number of carbonyl (C=O) groups excluding carboxylic acids is 2. The van der Waals surface area contributed by atoms with E-state index in [1.54, 1.807) is 19.1 Å². The number of hydrogen-bond donors (Lipinski definition) is 1. The number of benzene rings is 2. The highest BCUT2D eigenvalue weighted by atomic mass is 16.5. The van der Waals surface area contributed by atoms with Gasteiger partial charge in [-0.1, -0.05) is 24.3 Å². The highest BCUT2D eigenvalue weighted by molar-refractivity contribution is 6.06. The molecule has 0 saturated heterocycles. The Morgan fingerprint density at radius 3 is 2.54 bits per heavy atom. The molecule has 1 aliphatic heterocycles. The van der Waals surface area contributed by atoms with Gasteiger partial charge in [-0.15, -0.1) is 0 Å². The molecule has 2 aromatic rings. The van der Waals surface area contributed by atoms with E-state index in [9.17, 15) is 9.59 Å². The van der Waals surface area contributed by atoms with Crippen LogP contribution in [0.3, 0.4) is 0 Å². The molecule has 1 N–H and O–H groups in total. The molecule has 0 fully saturated rings. The number of nitrogens with one attached hydrogen (secondary N) is 1. The van der Waals surface area contributed by atoms with Crippen molar-refractivity contribution in [1.82, 2.24) is 5.32 Å². The minimum Gasteiger partial charge on any atom is -0.493 e. The predicted molar refractivity (Wildman–Crippen MR) is 98.5 cm³/mol. The molecule has 0 bridgehead atoms. The normalized spacial score (nSPS) is 15.6. The Morgan fingerprint density at radius 1 is 1.15 bits per heavy atom. The quantitative estimate of drug-likeness (QED) is 0.896. The smallest absolute Gasteiger partial charge is 0.254 e. The Bertz CT molecular complexity index is 863. The van der Waals surface area contributed by atoms with Crippen LogP contribution >= 0.6 is 0 Å². The molecule has 2 amide bonds. The van der Waals surface area contributed by atoms with Crippen molar-refractivity contribution >= 4 is 17.5 Å². The van der Waals surface area contributed by atoms with Gasteiger partial charge >= 0.3 is 0 Å². The molecule has 0 aliphatic carbocycles. The lowest BCUT2D eigenvalue weighted by Crippen LogP contribution is -2.36. The fourth-order valence-corrected chi connectivity index (χ4v) is 3.34. The van der Waals surface area contributed by atoms with Crippen molar-refractivity contribution in [3.8, 4) is 11.5 Å². The fraction of sp³-hybridized carbons (Fsp3) is 0.300. The average Bonchev–Trinajstić information content (AvgIpc) is 2.88. The molecule has 1 heterocycles. The van der Waals surface area contributed by atoms with Gasteiger partial charge in [0.2, 0.25) is 5.91 Å². The number of aryl methyl sites for hydroxylation is 1. The van der Waals surface area contributed by atoms with Gasteiger partial charge in [0.05, 0.1) is 26.5 Å². The lowest BCUT2D eigenvalue weighted by atomic mass is 10.0. The van der Waals surface area contributed by atoms with Crippen molar-refractivity contribution in [3.05, 3.63) is 53.1 Å². The van der Waals surface area contributed by atoms with Crippen LogP contribution in [0.5, 0.6) is 11.5 Å². The first-order valence-electron chi connectivity index (χ1n) is 8.35. The molecule has 6 nitrogen and oxygen atoms in total. The van der Waals surface area contributed by atoms with E-state index >= 15 is 0 Å². The lowest BCUT2D eigenvalue weighted by molar-refractivity contribution is -0.126. The number of para-hydroxylation sites is 1. The van der Waals surface area contributed by atoms with Crippen LogP contribution in [0.2, 0.25) is 0 Å². The second-order valence-corrected chi connectivity index (χ2v) is 6.26. The van der Waals surface area contributed by atoms with Crippen LogP contribution in [0, 0.1) is 6.92 Å². The number of hydrogen-bond acceptors (Lipinski definition) is 4. The second kappa shape index (κ2) is 7.07. The Hall–Kier alpha value is -3.02. The van der Waals surface area contributed by atoms with Crippen molar-refractivity contribution in [1.29, 1.82) is 0 Å². The zero-order valence-electron chi connectivity index (χ0n) is 15.3. The summed E-state index contributed by atoms with van der Waals surface area (Å²) in [6.07, 6.45) is 0. The number of rotatable bonds is 5. The van der Waals surface area contributed by atoms with Gasteiger partial charge in [0.15, 0.2) is 11.5 Å².